The average Bonchev–Trinajstić information content (AvgIpc) is 2.62. The van der Waals surface area contributed by atoms with Crippen molar-refractivity contribution in [1.29, 1.82) is 10.5 Å². The quantitative estimate of drug-likeness (QED) is 0.723. The van der Waals surface area contributed by atoms with Crippen LogP contribution in [0.4, 0.5) is 0 Å². The Morgan fingerprint density at radius 3 is 2.44 bits per heavy atom. The van der Waals surface area contributed by atoms with E-state index in [1.807, 2.05) is 26.0 Å². The Balaban J connectivity index is 2.13. The number of carbonyl (C=O) groups is 1. The van der Waals surface area contributed by atoms with Gasteiger partial charge in [-0.25, -0.2) is 4.79 Å². The molecule has 0 bridgehead atoms. The number of carbonyl (C=O) groups excluding carboxylic acids is 1. The number of hydrogen-bond donors (Lipinski definition) is 0. The van der Waals surface area contributed by atoms with Gasteiger partial charge in [0, 0.05) is 0 Å². The first-order valence-corrected chi connectivity index (χ1v) is 8.01. The predicted molar refractivity (Wildman–Crippen MR) is 92.2 cm³/mol. The minimum atomic E-state index is -0.378. The maximum absolute atomic E-state index is 12.0. The van der Waals surface area contributed by atoms with Crippen LogP contribution >= 0.6 is 0 Å². The van der Waals surface area contributed by atoms with Gasteiger partial charge in [0.25, 0.3) is 0 Å². The number of esters is 1. The molecule has 0 amide bonds. The van der Waals surface area contributed by atoms with Gasteiger partial charge >= 0.3 is 5.97 Å². The van der Waals surface area contributed by atoms with Crippen molar-refractivity contribution >= 4 is 5.97 Å². The molecular formula is C20H18N2O3. The fourth-order valence-corrected chi connectivity index (χ4v) is 2.33. The molecule has 0 spiro atoms. The molecule has 1 atom stereocenters. The number of nitrogens with zero attached hydrogens (tertiary/aromatic N) is 2. The van der Waals surface area contributed by atoms with E-state index in [4.69, 9.17) is 14.7 Å². The van der Waals surface area contributed by atoms with Crippen LogP contribution in [-0.2, 0) is 4.74 Å². The third-order valence-electron chi connectivity index (χ3n) is 3.58. The van der Waals surface area contributed by atoms with Crippen molar-refractivity contribution in [3.05, 3.63) is 59.2 Å². The van der Waals surface area contributed by atoms with E-state index in [0.29, 0.717) is 17.1 Å². The van der Waals surface area contributed by atoms with Crippen LogP contribution in [0.1, 0.15) is 48.2 Å². The Kier molecular flexibility index (Phi) is 6.14. The van der Waals surface area contributed by atoms with E-state index >= 15 is 0 Å². The molecule has 0 saturated heterocycles. The summed E-state index contributed by atoms with van der Waals surface area (Å²) >= 11 is 0. The Labute approximate surface area is 147 Å². The number of ether oxygens (including phenoxy) is 2. The van der Waals surface area contributed by atoms with Crippen molar-refractivity contribution in [1.82, 2.24) is 0 Å². The van der Waals surface area contributed by atoms with Crippen LogP contribution in [0.25, 0.3) is 0 Å². The molecule has 0 fully saturated rings. The molecule has 25 heavy (non-hydrogen) atoms. The highest BCUT2D eigenvalue weighted by molar-refractivity contribution is 5.89. The summed E-state index contributed by atoms with van der Waals surface area (Å²) in [5.74, 6) is 0.384. The summed E-state index contributed by atoms with van der Waals surface area (Å²) in [6.07, 6.45) is 1.64. The topological polar surface area (TPSA) is 83.1 Å². The van der Waals surface area contributed by atoms with E-state index in [-0.39, 0.29) is 23.2 Å². The van der Waals surface area contributed by atoms with Crippen molar-refractivity contribution in [3.8, 4) is 23.6 Å². The van der Waals surface area contributed by atoms with E-state index in [2.05, 4.69) is 0 Å². The van der Waals surface area contributed by atoms with Crippen LogP contribution in [0.3, 0.4) is 0 Å². The number of rotatable bonds is 6. The van der Waals surface area contributed by atoms with Crippen molar-refractivity contribution < 1.29 is 14.3 Å². The Bertz CT molecular complexity index is 830. The first-order valence-electron chi connectivity index (χ1n) is 8.01. The van der Waals surface area contributed by atoms with Gasteiger partial charge in [-0.1, -0.05) is 19.4 Å². The maximum atomic E-state index is 12.0. The van der Waals surface area contributed by atoms with Gasteiger partial charge in [0.05, 0.1) is 17.2 Å². The SMILES string of the molecule is CCCC(C)OC(=O)c1ccc(Oc2cccc(C#N)c2C#N)cc1. The number of benzene rings is 2. The summed E-state index contributed by atoms with van der Waals surface area (Å²) < 4.78 is 11.0. The lowest BCUT2D eigenvalue weighted by Crippen LogP contribution is -2.14. The zero-order valence-electron chi connectivity index (χ0n) is 14.2. The molecule has 0 N–H and O–H groups in total. The highest BCUT2D eigenvalue weighted by Gasteiger charge is 2.13. The van der Waals surface area contributed by atoms with Gasteiger partial charge in [0.15, 0.2) is 0 Å². The summed E-state index contributed by atoms with van der Waals surface area (Å²) in [5.41, 5.74) is 0.869. The van der Waals surface area contributed by atoms with Crippen LogP contribution in [-0.4, -0.2) is 12.1 Å². The minimum absolute atomic E-state index is 0.125. The standard InChI is InChI=1S/C20H18N2O3/c1-3-5-14(2)24-20(23)15-8-10-17(11-9-15)25-19-7-4-6-16(12-21)18(19)13-22/h4,6-11,14H,3,5H2,1-2H3. The van der Waals surface area contributed by atoms with Gasteiger partial charge in [0.1, 0.15) is 29.2 Å². The monoisotopic (exact) mass is 334 g/mol. The molecule has 2 rings (SSSR count). The molecule has 0 heterocycles. The summed E-state index contributed by atoms with van der Waals surface area (Å²) in [6, 6.07) is 15.2. The summed E-state index contributed by atoms with van der Waals surface area (Å²) in [4.78, 5) is 12.0. The Morgan fingerprint density at radius 1 is 1.12 bits per heavy atom. The van der Waals surface area contributed by atoms with E-state index in [1.54, 1.807) is 42.5 Å². The molecule has 0 aromatic heterocycles. The van der Waals surface area contributed by atoms with Gasteiger partial charge in [-0.15, -0.1) is 0 Å². The lowest BCUT2D eigenvalue weighted by atomic mass is 10.1. The second kappa shape index (κ2) is 8.52. The molecular weight excluding hydrogens is 316 g/mol. The van der Waals surface area contributed by atoms with Crippen LogP contribution in [0, 0.1) is 22.7 Å². The fourth-order valence-electron chi connectivity index (χ4n) is 2.33. The molecule has 0 aliphatic rings. The number of nitriles is 2. The van der Waals surface area contributed by atoms with Gasteiger partial charge < -0.3 is 9.47 Å². The summed E-state index contributed by atoms with van der Waals surface area (Å²) in [7, 11) is 0. The van der Waals surface area contributed by atoms with Gasteiger partial charge in [-0.05, 0) is 49.7 Å². The van der Waals surface area contributed by atoms with Gasteiger partial charge in [-0.3, -0.25) is 0 Å². The number of hydrogen-bond acceptors (Lipinski definition) is 5. The second-order valence-electron chi connectivity index (χ2n) is 5.53. The highest BCUT2D eigenvalue weighted by Crippen LogP contribution is 2.27. The van der Waals surface area contributed by atoms with E-state index in [9.17, 15) is 10.1 Å². The molecule has 126 valence electrons. The highest BCUT2D eigenvalue weighted by atomic mass is 16.5. The first kappa shape index (κ1) is 18.0. The first-order chi connectivity index (χ1) is 12.1. The molecule has 0 aliphatic carbocycles. The van der Waals surface area contributed by atoms with Crippen LogP contribution in [0.5, 0.6) is 11.5 Å². The maximum Gasteiger partial charge on any atom is 0.338 e. The van der Waals surface area contributed by atoms with Crippen molar-refractivity contribution in [2.24, 2.45) is 0 Å². The third-order valence-corrected chi connectivity index (χ3v) is 3.58. The molecule has 5 nitrogen and oxygen atoms in total. The smallest absolute Gasteiger partial charge is 0.338 e. The fraction of sp³-hybridized carbons (Fsp3) is 0.250. The largest absolute Gasteiger partial charge is 0.459 e. The Hall–Kier alpha value is -3.31. The second-order valence-corrected chi connectivity index (χ2v) is 5.53. The summed E-state index contributed by atoms with van der Waals surface area (Å²) in [5, 5.41) is 18.3. The normalized spacial score (nSPS) is 11.0. The van der Waals surface area contributed by atoms with E-state index in [0.717, 1.165) is 12.8 Å². The lowest BCUT2D eigenvalue weighted by Gasteiger charge is -2.12. The minimum Gasteiger partial charge on any atom is -0.459 e. The molecule has 2 aromatic carbocycles. The van der Waals surface area contributed by atoms with Crippen LogP contribution in [0.15, 0.2) is 42.5 Å². The van der Waals surface area contributed by atoms with E-state index in [1.165, 1.54) is 0 Å². The third kappa shape index (κ3) is 4.59. The molecule has 5 heteroatoms. The van der Waals surface area contributed by atoms with Crippen LogP contribution < -0.4 is 4.74 Å². The molecule has 0 aliphatic heterocycles. The zero-order valence-corrected chi connectivity index (χ0v) is 14.2. The van der Waals surface area contributed by atoms with Crippen molar-refractivity contribution in [3.63, 3.8) is 0 Å². The summed E-state index contributed by atoms with van der Waals surface area (Å²) in [6.45, 7) is 3.90. The van der Waals surface area contributed by atoms with Gasteiger partial charge in [-0.2, -0.15) is 10.5 Å². The van der Waals surface area contributed by atoms with Gasteiger partial charge in [0.2, 0.25) is 0 Å². The average molecular weight is 334 g/mol. The Morgan fingerprint density at radius 2 is 1.84 bits per heavy atom. The molecule has 0 saturated carbocycles. The van der Waals surface area contributed by atoms with Crippen molar-refractivity contribution in [2.75, 3.05) is 0 Å². The van der Waals surface area contributed by atoms with Crippen molar-refractivity contribution in [2.45, 2.75) is 32.8 Å². The molecule has 1 unspecified atom stereocenters. The lowest BCUT2D eigenvalue weighted by molar-refractivity contribution is 0.0323. The zero-order chi connectivity index (χ0) is 18.2. The molecule has 2 aromatic rings. The predicted octanol–water partition coefficient (Wildman–Crippen LogP) is 4.57. The van der Waals surface area contributed by atoms with E-state index < -0.39 is 0 Å². The molecule has 0 radical (unpaired) electrons. The van der Waals surface area contributed by atoms with Crippen LogP contribution in [0.2, 0.25) is 0 Å².